The van der Waals surface area contributed by atoms with Crippen molar-refractivity contribution in [2.45, 2.75) is 37.5 Å². The van der Waals surface area contributed by atoms with E-state index in [4.69, 9.17) is 0 Å². The summed E-state index contributed by atoms with van der Waals surface area (Å²) in [5.74, 6) is -1.11. The van der Waals surface area contributed by atoms with E-state index in [9.17, 15) is 19.5 Å². The summed E-state index contributed by atoms with van der Waals surface area (Å²) in [7, 11) is 1.76. The number of anilines is 2. The van der Waals surface area contributed by atoms with Crippen molar-refractivity contribution in [2.24, 2.45) is 0 Å². The molecule has 4 amide bonds. The van der Waals surface area contributed by atoms with Gasteiger partial charge in [0.1, 0.15) is 0 Å². The first-order valence-corrected chi connectivity index (χ1v) is 14.2. The number of hydrogen-bond acceptors (Lipinski definition) is 4. The zero-order valence-electron chi connectivity index (χ0n) is 22.1. The highest BCUT2D eigenvalue weighted by Gasteiger charge is 2.54. The summed E-state index contributed by atoms with van der Waals surface area (Å²) < 4.78 is 1.16. The maximum atomic E-state index is 14.1. The van der Waals surface area contributed by atoms with Gasteiger partial charge in [-0.2, -0.15) is 0 Å². The fourth-order valence-corrected chi connectivity index (χ4v) is 7.13. The zero-order valence-corrected chi connectivity index (χ0v) is 22.9. The van der Waals surface area contributed by atoms with Crippen LogP contribution in [0, 0.1) is 0 Å². The lowest BCUT2D eigenvalue weighted by atomic mass is 10.0. The number of carboxylic acids is 1. The van der Waals surface area contributed by atoms with E-state index in [1.807, 2.05) is 72.8 Å². The van der Waals surface area contributed by atoms with Crippen molar-refractivity contribution in [3.63, 3.8) is 0 Å². The number of carboxylic acid groups (broad SMARTS) is 1. The fourth-order valence-electron chi connectivity index (χ4n) is 6.01. The van der Waals surface area contributed by atoms with Gasteiger partial charge in [0.2, 0.25) is 0 Å². The van der Waals surface area contributed by atoms with E-state index >= 15 is 0 Å². The minimum atomic E-state index is -1.15. The molecule has 0 spiro atoms. The Bertz CT molecular complexity index is 1470. The van der Waals surface area contributed by atoms with Gasteiger partial charge in [0.05, 0.1) is 30.0 Å². The largest absolute Gasteiger partial charge is 0.480 e. The van der Waals surface area contributed by atoms with Crippen LogP contribution in [0.2, 0.25) is 0 Å². The number of aliphatic carboxylic acids is 1. The summed E-state index contributed by atoms with van der Waals surface area (Å²) >= 11 is 1.65. The standard InChI is InChI=1S/C31H30N4O4S/c1-32(20-25-18-21-10-8-9-15-27(21)40-25)30(38)35-24-16-17-26(35)28(29(36)37)33(19-24)31(39)34(22-11-4-2-5-12-22)23-13-6-3-7-14-23/h2-15,18,24,26,28H,16-17,19-20H2,1H3,(H,36,37)/t24-,26+,28-/m0/s1. The number of hydrogen-bond donors (Lipinski definition) is 1. The average molecular weight is 555 g/mol. The predicted octanol–water partition coefficient (Wildman–Crippen LogP) is 6.01. The molecular weight excluding hydrogens is 524 g/mol. The first-order valence-electron chi connectivity index (χ1n) is 13.4. The first-order chi connectivity index (χ1) is 19.4. The van der Waals surface area contributed by atoms with Crippen LogP contribution in [0.4, 0.5) is 21.0 Å². The molecule has 1 N–H and O–H groups in total. The van der Waals surface area contributed by atoms with Crippen LogP contribution in [0.5, 0.6) is 0 Å². The van der Waals surface area contributed by atoms with Crippen molar-refractivity contribution in [3.8, 4) is 0 Å². The number of amides is 4. The average Bonchev–Trinajstić information content (AvgIpc) is 3.51. The first kappa shape index (κ1) is 25.9. The molecule has 40 heavy (non-hydrogen) atoms. The topological polar surface area (TPSA) is 84.4 Å². The van der Waals surface area contributed by atoms with Crippen LogP contribution < -0.4 is 4.90 Å². The molecule has 3 heterocycles. The third-order valence-electron chi connectivity index (χ3n) is 7.79. The van der Waals surface area contributed by atoms with Crippen molar-refractivity contribution >= 4 is 50.8 Å². The minimum Gasteiger partial charge on any atom is -0.480 e. The van der Waals surface area contributed by atoms with Crippen molar-refractivity contribution in [3.05, 3.63) is 95.9 Å². The van der Waals surface area contributed by atoms with Crippen LogP contribution in [-0.2, 0) is 11.3 Å². The summed E-state index contributed by atoms with van der Waals surface area (Å²) in [5, 5.41) is 11.5. The quantitative estimate of drug-likeness (QED) is 0.327. The third-order valence-corrected chi connectivity index (χ3v) is 8.89. The molecule has 4 aromatic rings. The summed E-state index contributed by atoms with van der Waals surface area (Å²) in [6.45, 7) is 0.592. The second kappa shape index (κ2) is 10.7. The number of rotatable bonds is 5. The van der Waals surface area contributed by atoms with Gasteiger partial charge in [-0.15, -0.1) is 11.3 Å². The number of piperazine rings is 1. The van der Waals surface area contributed by atoms with Gasteiger partial charge < -0.3 is 19.8 Å². The molecule has 9 heteroatoms. The van der Waals surface area contributed by atoms with E-state index in [2.05, 4.69) is 18.2 Å². The number of carbonyl (C=O) groups excluding carboxylic acids is 2. The lowest BCUT2D eigenvalue weighted by molar-refractivity contribution is -0.145. The molecule has 1 aromatic heterocycles. The van der Waals surface area contributed by atoms with E-state index in [0.717, 1.165) is 15.0 Å². The lowest BCUT2D eigenvalue weighted by Crippen LogP contribution is -2.67. The predicted molar refractivity (Wildman–Crippen MR) is 156 cm³/mol. The molecule has 2 fully saturated rings. The van der Waals surface area contributed by atoms with E-state index < -0.39 is 24.1 Å². The zero-order chi connectivity index (χ0) is 27.8. The molecule has 2 aliphatic rings. The van der Waals surface area contributed by atoms with Gasteiger partial charge in [-0.25, -0.2) is 14.4 Å². The molecule has 3 aromatic carbocycles. The summed E-state index contributed by atoms with van der Waals surface area (Å²) in [6.07, 6.45) is 1.18. The number of carbonyl (C=O) groups is 3. The Balaban J connectivity index is 1.26. The smallest absolute Gasteiger partial charge is 0.329 e. The Labute approximate surface area is 236 Å². The Morgan fingerprint density at radius 2 is 1.50 bits per heavy atom. The molecule has 3 atom stereocenters. The molecule has 6 rings (SSSR count). The van der Waals surface area contributed by atoms with Gasteiger partial charge in [-0.05, 0) is 54.6 Å². The Morgan fingerprint density at radius 3 is 2.12 bits per heavy atom. The number of fused-ring (bicyclic) bond motifs is 3. The van der Waals surface area contributed by atoms with Crippen LogP contribution in [0.25, 0.3) is 10.1 Å². The molecule has 0 saturated carbocycles. The van der Waals surface area contributed by atoms with Crippen LogP contribution >= 0.6 is 11.3 Å². The Morgan fingerprint density at radius 1 is 0.875 bits per heavy atom. The van der Waals surface area contributed by atoms with Crippen LogP contribution in [0.3, 0.4) is 0 Å². The molecule has 0 unspecified atom stereocenters. The molecule has 2 saturated heterocycles. The van der Waals surface area contributed by atoms with E-state index in [1.165, 1.54) is 4.90 Å². The Hall–Kier alpha value is -4.37. The molecule has 0 radical (unpaired) electrons. The normalized spacial score (nSPS) is 20.0. The molecule has 2 bridgehead atoms. The minimum absolute atomic E-state index is 0.158. The highest BCUT2D eigenvalue weighted by atomic mass is 32.1. The van der Waals surface area contributed by atoms with E-state index in [1.54, 1.807) is 33.1 Å². The fraction of sp³-hybridized carbons (Fsp3) is 0.258. The number of para-hydroxylation sites is 2. The molecule has 2 aliphatic heterocycles. The highest BCUT2D eigenvalue weighted by molar-refractivity contribution is 7.19. The van der Waals surface area contributed by atoms with Crippen molar-refractivity contribution in [2.75, 3.05) is 18.5 Å². The lowest BCUT2D eigenvalue weighted by Gasteiger charge is -2.47. The number of thiophene rings is 1. The highest BCUT2D eigenvalue weighted by Crippen LogP contribution is 2.38. The van der Waals surface area contributed by atoms with Crippen molar-refractivity contribution < 1.29 is 19.5 Å². The van der Waals surface area contributed by atoms with Crippen LogP contribution in [-0.4, -0.2) is 69.6 Å². The third kappa shape index (κ3) is 4.66. The van der Waals surface area contributed by atoms with E-state index in [0.29, 0.717) is 30.8 Å². The number of likely N-dealkylation sites (tertiary alicyclic amines) is 1. The summed E-state index contributed by atoms with van der Waals surface area (Å²) in [4.78, 5) is 48.1. The van der Waals surface area contributed by atoms with Gasteiger partial charge in [-0.3, -0.25) is 4.90 Å². The second-order valence-electron chi connectivity index (χ2n) is 10.3. The Kier molecular flexibility index (Phi) is 6.89. The second-order valence-corrected chi connectivity index (χ2v) is 11.5. The maximum Gasteiger partial charge on any atom is 0.329 e. The van der Waals surface area contributed by atoms with Crippen LogP contribution in [0.15, 0.2) is 91.0 Å². The van der Waals surface area contributed by atoms with Gasteiger partial charge in [0.15, 0.2) is 6.04 Å². The number of nitrogens with zero attached hydrogens (tertiary/aromatic N) is 4. The number of urea groups is 2. The molecule has 204 valence electrons. The monoisotopic (exact) mass is 554 g/mol. The summed E-state index contributed by atoms with van der Waals surface area (Å²) in [6, 6.07) is 26.0. The van der Waals surface area contributed by atoms with E-state index in [-0.39, 0.29) is 18.6 Å². The molecular formula is C31H30N4O4S. The van der Waals surface area contributed by atoms with Gasteiger partial charge in [-0.1, -0.05) is 54.6 Å². The van der Waals surface area contributed by atoms with Crippen molar-refractivity contribution in [1.82, 2.24) is 14.7 Å². The van der Waals surface area contributed by atoms with Gasteiger partial charge in [0.25, 0.3) is 0 Å². The molecule has 8 nitrogen and oxygen atoms in total. The SMILES string of the molecule is CN(Cc1cc2ccccc2s1)C(=O)N1[C@H]2CC[C@@H]1[C@@H](C(=O)O)N(C(=O)N(c1ccccc1)c1ccccc1)C2. The number of benzene rings is 3. The molecule has 0 aliphatic carbocycles. The summed E-state index contributed by atoms with van der Waals surface area (Å²) in [5.41, 5.74) is 1.30. The van der Waals surface area contributed by atoms with Crippen molar-refractivity contribution in [1.29, 1.82) is 0 Å². The van der Waals surface area contributed by atoms with Gasteiger partial charge in [0, 0.05) is 23.2 Å². The maximum absolute atomic E-state index is 14.1. The van der Waals surface area contributed by atoms with Crippen LogP contribution in [0.1, 0.15) is 17.7 Å². The van der Waals surface area contributed by atoms with Gasteiger partial charge >= 0.3 is 18.0 Å².